The van der Waals surface area contributed by atoms with Crippen LogP contribution in [0, 0.1) is 6.92 Å². The largest absolute Gasteiger partial charge is 0.346 e. The van der Waals surface area contributed by atoms with Crippen molar-refractivity contribution in [2.75, 3.05) is 0 Å². The molecule has 0 saturated carbocycles. The summed E-state index contributed by atoms with van der Waals surface area (Å²) in [6, 6.07) is 11.1. The molecule has 4 rings (SSSR count). The number of hydrogen-bond donors (Lipinski definition) is 1. The zero-order valence-electron chi connectivity index (χ0n) is 16.6. The lowest BCUT2D eigenvalue weighted by Crippen LogP contribution is -2.24. The number of carbonyl (C=O) groups excluding carboxylic acids is 1. The normalized spacial score (nSPS) is 10.8. The van der Waals surface area contributed by atoms with Crippen LogP contribution >= 0.6 is 23.4 Å². The Labute approximate surface area is 188 Å². The lowest BCUT2D eigenvalue weighted by Gasteiger charge is -2.09. The minimum atomic E-state index is -0.321. The summed E-state index contributed by atoms with van der Waals surface area (Å²) in [5.74, 6) is 0.0796. The van der Waals surface area contributed by atoms with Crippen molar-refractivity contribution in [3.63, 3.8) is 0 Å². The van der Waals surface area contributed by atoms with Gasteiger partial charge in [0, 0.05) is 42.1 Å². The van der Waals surface area contributed by atoms with E-state index in [-0.39, 0.29) is 11.6 Å². The van der Waals surface area contributed by atoms with E-state index < -0.39 is 0 Å². The SMILES string of the molecule is Cc1ccc(-n2nnc(C(=O)NCc3cccnc3)c2CSc2ncccn2)cc1Cl. The van der Waals surface area contributed by atoms with E-state index in [1.165, 1.54) is 11.8 Å². The standard InChI is InChI=1S/C21H18ClN7OS/c1-14-5-6-16(10-17(14)22)29-18(13-31-21-24-8-3-9-25-21)19(27-28-29)20(30)26-12-15-4-2-7-23-11-15/h2-11H,12-13H2,1H3,(H,26,30). The molecule has 4 aromatic rings. The van der Waals surface area contributed by atoms with E-state index in [0.717, 1.165) is 16.8 Å². The number of halogens is 1. The van der Waals surface area contributed by atoms with Crippen molar-refractivity contribution in [3.8, 4) is 5.69 Å². The van der Waals surface area contributed by atoms with Crippen LogP contribution in [0.25, 0.3) is 5.69 Å². The maximum Gasteiger partial charge on any atom is 0.274 e. The molecule has 0 aliphatic heterocycles. The fourth-order valence-electron chi connectivity index (χ4n) is 2.79. The zero-order chi connectivity index (χ0) is 21.6. The number of aromatic nitrogens is 6. The zero-order valence-corrected chi connectivity index (χ0v) is 18.1. The summed E-state index contributed by atoms with van der Waals surface area (Å²) in [4.78, 5) is 25.4. The predicted molar refractivity (Wildman–Crippen MR) is 118 cm³/mol. The Hall–Kier alpha value is -3.30. The molecule has 0 bridgehead atoms. The molecule has 0 unspecified atom stereocenters. The van der Waals surface area contributed by atoms with Gasteiger partial charge in [0.25, 0.3) is 5.91 Å². The Morgan fingerprint density at radius 1 is 1.16 bits per heavy atom. The number of hydrogen-bond acceptors (Lipinski definition) is 7. The van der Waals surface area contributed by atoms with Gasteiger partial charge in [-0.2, -0.15) is 0 Å². The van der Waals surface area contributed by atoms with Crippen LogP contribution < -0.4 is 5.32 Å². The number of carbonyl (C=O) groups is 1. The Bertz CT molecular complexity index is 1190. The van der Waals surface area contributed by atoms with Gasteiger partial charge in [0.15, 0.2) is 10.9 Å². The average Bonchev–Trinajstić information content (AvgIpc) is 3.23. The molecule has 1 aromatic carbocycles. The van der Waals surface area contributed by atoms with Gasteiger partial charge in [0.1, 0.15) is 0 Å². The topological polar surface area (TPSA) is 98.5 Å². The van der Waals surface area contributed by atoms with Gasteiger partial charge in [0.2, 0.25) is 0 Å². The van der Waals surface area contributed by atoms with Gasteiger partial charge in [-0.05, 0) is 42.3 Å². The highest BCUT2D eigenvalue weighted by Gasteiger charge is 2.21. The summed E-state index contributed by atoms with van der Waals surface area (Å²) in [5, 5.41) is 12.5. The first-order valence-electron chi connectivity index (χ1n) is 9.40. The van der Waals surface area contributed by atoms with Crippen molar-refractivity contribution in [1.29, 1.82) is 0 Å². The highest BCUT2D eigenvalue weighted by atomic mass is 35.5. The molecule has 0 spiro atoms. The van der Waals surface area contributed by atoms with Crippen molar-refractivity contribution < 1.29 is 4.79 Å². The number of benzene rings is 1. The lowest BCUT2D eigenvalue weighted by atomic mass is 10.2. The number of rotatable bonds is 7. The molecule has 0 fully saturated rings. The molecule has 3 aromatic heterocycles. The first-order valence-corrected chi connectivity index (χ1v) is 10.8. The van der Waals surface area contributed by atoms with Crippen LogP contribution in [0.15, 0.2) is 66.3 Å². The van der Waals surface area contributed by atoms with Gasteiger partial charge in [-0.15, -0.1) is 5.10 Å². The Morgan fingerprint density at radius 3 is 2.74 bits per heavy atom. The van der Waals surface area contributed by atoms with Crippen LogP contribution in [0.4, 0.5) is 0 Å². The minimum Gasteiger partial charge on any atom is -0.346 e. The quantitative estimate of drug-likeness (QED) is 0.338. The summed E-state index contributed by atoms with van der Waals surface area (Å²) in [5.41, 5.74) is 3.43. The molecule has 0 radical (unpaired) electrons. The van der Waals surface area contributed by atoms with Crippen LogP contribution in [-0.2, 0) is 12.3 Å². The Morgan fingerprint density at radius 2 is 2.00 bits per heavy atom. The lowest BCUT2D eigenvalue weighted by molar-refractivity contribution is 0.0945. The van der Waals surface area contributed by atoms with E-state index in [2.05, 4.69) is 30.6 Å². The van der Waals surface area contributed by atoms with E-state index in [4.69, 9.17) is 11.6 Å². The van der Waals surface area contributed by atoms with Crippen molar-refractivity contribution in [3.05, 3.63) is 88.7 Å². The third kappa shape index (κ3) is 5.07. The van der Waals surface area contributed by atoms with Crippen molar-refractivity contribution in [2.24, 2.45) is 0 Å². The summed E-state index contributed by atoms with van der Waals surface area (Å²) >= 11 is 7.70. The van der Waals surface area contributed by atoms with E-state index in [0.29, 0.717) is 28.2 Å². The highest BCUT2D eigenvalue weighted by Crippen LogP contribution is 2.25. The Balaban J connectivity index is 1.62. The average molecular weight is 452 g/mol. The molecule has 156 valence electrons. The maximum absolute atomic E-state index is 12.9. The van der Waals surface area contributed by atoms with Gasteiger partial charge >= 0.3 is 0 Å². The molecule has 8 nitrogen and oxygen atoms in total. The second kappa shape index (κ2) is 9.67. The molecule has 1 N–H and O–H groups in total. The van der Waals surface area contributed by atoms with Crippen LogP contribution in [0.3, 0.4) is 0 Å². The van der Waals surface area contributed by atoms with Crippen LogP contribution in [0.5, 0.6) is 0 Å². The molecular weight excluding hydrogens is 434 g/mol. The molecule has 1 amide bonds. The molecule has 0 atom stereocenters. The number of amides is 1. The first kappa shape index (κ1) is 21.0. The maximum atomic E-state index is 12.9. The van der Waals surface area contributed by atoms with E-state index >= 15 is 0 Å². The van der Waals surface area contributed by atoms with Crippen LogP contribution in [0.1, 0.15) is 27.3 Å². The monoisotopic (exact) mass is 451 g/mol. The van der Waals surface area contributed by atoms with Gasteiger partial charge in [-0.1, -0.05) is 40.7 Å². The fourth-order valence-corrected chi connectivity index (χ4v) is 3.76. The molecule has 0 aliphatic carbocycles. The van der Waals surface area contributed by atoms with Crippen molar-refractivity contribution in [2.45, 2.75) is 24.4 Å². The van der Waals surface area contributed by atoms with E-state index in [1.54, 1.807) is 41.6 Å². The number of aryl methyl sites for hydroxylation is 1. The summed E-state index contributed by atoms with van der Waals surface area (Å²) in [6.07, 6.45) is 6.73. The summed E-state index contributed by atoms with van der Waals surface area (Å²) in [6.45, 7) is 2.26. The minimum absolute atomic E-state index is 0.240. The molecular formula is C21H18ClN7OS. The molecule has 0 aliphatic rings. The fraction of sp³-hybridized carbons (Fsp3) is 0.143. The highest BCUT2D eigenvalue weighted by molar-refractivity contribution is 7.98. The first-order chi connectivity index (χ1) is 15.1. The van der Waals surface area contributed by atoms with Gasteiger partial charge in [-0.3, -0.25) is 9.78 Å². The second-order valence-corrected chi connectivity index (χ2v) is 7.94. The van der Waals surface area contributed by atoms with Gasteiger partial charge in [-0.25, -0.2) is 14.6 Å². The molecule has 3 heterocycles. The third-order valence-corrected chi connectivity index (χ3v) is 5.73. The van der Waals surface area contributed by atoms with E-state index in [1.807, 2.05) is 31.2 Å². The van der Waals surface area contributed by atoms with Crippen LogP contribution in [-0.4, -0.2) is 35.9 Å². The second-order valence-electron chi connectivity index (χ2n) is 6.59. The molecule has 31 heavy (non-hydrogen) atoms. The smallest absolute Gasteiger partial charge is 0.274 e. The Kier molecular flexibility index (Phi) is 6.54. The number of nitrogens with zero attached hydrogens (tertiary/aromatic N) is 6. The summed E-state index contributed by atoms with van der Waals surface area (Å²) < 4.78 is 1.63. The van der Waals surface area contributed by atoms with Gasteiger partial charge in [0.05, 0.1) is 11.4 Å². The molecule has 10 heteroatoms. The number of nitrogens with one attached hydrogen (secondary N) is 1. The predicted octanol–water partition coefficient (Wildman–Crippen LogP) is 3.64. The number of pyridine rings is 1. The van der Waals surface area contributed by atoms with Gasteiger partial charge < -0.3 is 5.32 Å². The summed E-state index contributed by atoms with van der Waals surface area (Å²) in [7, 11) is 0. The third-order valence-electron chi connectivity index (χ3n) is 4.43. The molecule has 0 saturated heterocycles. The van der Waals surface area contributed by atoms with E-state index in [9.17, 15) is 4.79 Å². The number of thioether (sulfide) groups is 1. The van der Waals surface area contributed by atoms with Crippen LogP contribution in [0.2, 0.25) is 5.02 Å². The van der Waals surface area contributed by atoms with Crippen molar-refractivity contribution >= 4 is 29.3 Å². The van der Waals surface area contributed by atoms with Crippen molar-refractivity contribution in [1.82, 2.24) is 35.3 Å².